The van der Waals surface area contributed by atoms with Crippen molar-refractivity contribution in [1.29, 1.82) is 0 Å². The van der Waals surface area contributed by atoms with E-state index in [4.69, 9.17) is 4.98 Å². The van der Waals surface area contributed by atoms with Gasteiger partial charge >= 0.3 is 0 Å². The van der Waals surface area contributed by atoms with Crippen LogP contribution in [0.4, 0.5) is 0 Å². The highest BCUT2D eigenvalue weighted by atomic mass is 15.2. The van der Waals surface area contributed by atoms with E-state index in [1.165, 1.54) is 31.8 Å². The van der Waals surface area contributed by atoms with E-state index in [0.717, 1.165) is 30.8 Å². The van der Waals surface area contributed by atoms with E-state index in [9.17, 15) is 0 Å². The average molecular weight is 299 g/mol. The van der Waals surface area contributed by atoms with Crippen LogP contribution in [0.5, 0.6) is 0 Å². The molecule has 22 heavy (non-hydrogen) atoms. The van der Waals surface area contributed by atoms with Crippen molar-refractivity contribution in [2.75, 3.05) is 39.8 Å². The second-order valence-corrected chi connectivity index (χ2v) is 6.77. The van der Waals surface area contributed by atoms with Crippen molar-refractivity contribution in [2.24, 2.45) is 0 Å². The first-order valence-corrected chi connectivity index (χ1v) is 8.50. The first kappa shape index (κ1) is 14.2. The molecule has 4 rings (SSSR count). The van der Waals surface area contributed by atoms with Gasteiger partial charge in [0.05, 0.1) is 6.04 Å². The fourth-order valence-corrected chi connectivity index (χ4v) is 4.05. The summed E-state index contributed by atoms with van der Waals surface area (Å²) in [5, 5.41) is 0. The molecule has 2 aromatic rings. The number of nitrogens with zero attached hydrogens (tertiary/aromatic N) is 5. The summed E-state index contributed by atoms with van der Waals surface area (Å²) in [5.74, 6) is 1.82. The quantitative estimate of drug-likeness (QED) is 0.870. The molecule has 2 fully saturated rings. The lowest BCUT2D eigenvalue weighted by Crippen LogP contribution is -2.22. The molecule has 0 bridgehead atoms. The van der Waals surface area contributed by atoms with Crippen molar-refractivity contribution < 1.29 is 0 Å². The Balaban J connectivity index is 1.76. The van der Waals surface area contributed by atoms with Crippen molar-refractivity contribution >= 4 is 11.2 Å². The molecular formula is C17H25N5. The minimum Gasteiger partial charge on any atom is -0.308 e. The molecule has 2 saturated heterocycles. The van der Waals surface area contributed by atoms with Crippen molar-refractivity contribution in [2.45, 2.75) is 31.7 Å². The molecule has 0 radical (unpaired) electrons. The van der Waals surface area contributed by atoms with Crippen LogP contribution in [0.15, 0.2) is 18.3 Å². The fraction of sp³-hybridized carbons (Fsp3) is 0.647. The van der Waals surface area contributed by atoms with Crippen LogP contribution >= 0.6 is 0 Å². The van der Waals surface area contributed by atoms with Crippen LogP contribution in [0.25, 0.3) is 11.2 Å². The molecular weight excluding hydrogens is 274 g/mol. The fourth-order valence-electron chi connectivity index (χ4n) is 4.05. The zero-order valence-electron chi connectivity index (χ0n) is 13.6. The number of imidazole rings is 1. The summed E-state index contributed by atoms with van der Waals surface area (Å²) in [6, 6.07) is 4.63. The van der Waals surface area contributed by atoms with E-state index >= 15 is 0 Å². The normalized spacial score (nSPS) is 27.2. The first-order chi connectivity index (χ1) is 10.8. The minimum absolute atomic E-state index is 0.524. The topological polar surface area (TPSA) is 37.2 Å². The van der Waals surface area contributed by atoms with Crippen LogP contribution in [-0.4, -0.2) is 64.1 Å². The lowest BCUT2D eigenvalue weighted by molar-refractivity contribution is 0.349. The van der Waals surface area contributed by atoms with Gasteiger partial charge in [-0.3, -0.25) is 0 Å². The predicted octanol–water partition coefficient (Wildman–Crippen LogP) is 2.12. The van der Waals surface area contributed by atoms with Gasteiger partial charge in [0.25, 0.3) is 0 Å². The number of rotatable bonds is 3. The van der Waals surface area contributed by atoms with Crippen LogP contribution in [0, 0.1) is 0 Å². The number of likely N-dealkylation sites (N-methyl/N-ethyl adjacent to an activating group) is 2. The number of aromatic nitrogens is 3. The summed E-state index contributed by atoms with van der Waals surface area (Å²) in [5.41, 5.74) is 2.13. The van der Waals surface area contributed by atoms with Crippen LogP contribution in [0.3, 0.4) is 0 Å². The second-order valence-electron chi connectivity index (χ2n) is 6.77. The molecule has 2 aromatic heterocycles. The molecule has 2 aliphatic heterocycles. The third-order valence-corrected chi connectivity index (χ3v) is 5.29. The van der Waals surface area contributed by atoms with E-state index in [-0.39, 0.29) is 0 Å². The Labute approximate surface area is 131 Å². The van der Waals surface area contributed by atoms with E-state index < -0.39 is 0 Å². The molecule has 0 amide bonds. The summed E-state index contributed by atoms with van der Waals surface area (Å²) in [6.07, 6.45) is 4.32. The van der Waals surface area contributed by atoms with Gasteiger partial charge in [-0.15, -0.1) is 0 Å². The van der Waals surface area contributed by atoms with Gasteiger partial charge in [0.2, 0.25) is 0 Å². The zero-order valence-corrected chi connectivity index (χ0v) is 13.6. The third kappa shape index (κ3) is 2.32. The van der Waals surface area contributed by atoms with Gasteiger partial charge in [-0.05, 0) is 51.7 Å². The maximum atomic E-state index is 4.99. The largest absolute Gasteiger partial charge is 0.308 e. The first-order valence-electron chi connectivity index (χ1n) is 8.50. The van der Waals surface area contributed by atoms with Gasteiger partial charge in [-0.1, -0.05) is 6.92 Å². The molecule has 5 nitrogen and oxygen atoms in total. The Kier molecular flexibility index (Phi) is 3.62. The molecule has 0 N–H and O–H groups in total. The van der Waals surface area contributed by atoms with Gasteiger partial charge in [0.1, 0.15) is 11.3 Å². The van der Waals surface area contributed by atoms with Gasteiger partial charge in [-0.25, -0.2) is 9.97 Å². The van der Waals surface area contributed by atoms with E-state index in [0.29, 0.717) is 12.0 Å². The Morgan fingerprint density at radius 1 is 1.23 bits per heavy atom. The average Bonchev–Trinajstić information content (AvgIpc) is 3.23. The number of likely N-dealkylation sites (tertiary alicyclic amines) is 2. The van der Waals surface area contributed by atoms with Crippen LogP contribution in [0.2, 0.25) is 0 Å². The van der Waals surface area contributed by atoms with Gasteiger partial charge in [-0.2, -0.15) is 0 Å². The number of fused-ring (bicyclic) bond motifs is 1. The van der Waals surface area contributed by atoms with E-state index in [1.807, 2.05) is 12.3 Å². The molecule has 2 unspecified atom stereocenters. The lowest BCUT2D eigenvalue weighted by Gasteiger charge is -2.19. The maximum absolute atomic E-state index is 4.99. The summed E-state index contributed by atoms with van der Waals surface area (Å²) in [7, 11) is 2.21. The van der Waals surface area contributed by atoms with E-state index in [2.05, 4.69) is 39.4 Å². The van der Waals surface area contributed by atoms with Gasteiger partial charge in [0, 0.05) is 25.2 Å². The number of pyridine rings is 1. The summed E-state index contributed by atoms with van der Waals surface area (Å²) in [6.45, 7) is 8.01. The summed E-state index contributed by atoms with van der Waals surface area (Å²) < 4.78 is 2.46. The van der Waals surface area contributed by atoms with Crippen molar-refractivity contribution in [1.82, 2.24) is 24.3 Å². The molecule has 0 aliphatic carbocycles. The van der Waals surface area contributed by atoms with Crippen LogP contribution in [-0.2, 0) is 0 Å². The molecule has 0 spiro atoms. The highest BCUT2D eigenvalue weighted by Gasteiger charge is 2.32. The molecule has 2 aliphatic rings. The number of hydrogen-bond acceptors (Lipinski definition) is 4. The standard InChI is InChI=1S/C17H25N5/c1-3-21-10-6-13(11-21)16-19-15-5-4-8-18-17(15)22(16)14-7-9-20(2)12-14/h4-5,8,13-14H,3,6-7,9-12H2,1-2H3. The molecule has 4 heterocycles. The highest BCUT2D eigenvalue weighted by molar-refractivity contribution is 5.71. The minimum atomic E-state index is 0.524. The smallest absolute Gasteiger partial charge is 0.160 e. The van der Waals surface area contributed by atoms with E-state index in [1.54, 1.807) is 0 Å². The summed E-state index contributed by atoms with van der Waals surface area (Å²) in [4.78, 5) is 14.6. The summed E-state index contributed by atoms with van der Waals surface area (Å²) >= 11 is 0. The number of hydrogen-bond donors (Lipinski definition) is 0. The van der Waals surface area contributed by atoms with Crippen molar-refractivity contribution in [3.05, 3.63) is 24.2 Å². The zero-order chi connectivity index (χ0) is 15.1. The SMILES string of the molecule is CCN1CCC(c2nc3cccnc3n2C2CCN(C)C2)C1. The molecule has 2 atom stereocenters. The Morgan fingerprint density at radius 2 is 2.14 bits per heavy atom. The lowest BCUT2D eigenvalue weighted by atomic mass is 10.1. The Hall–Kier alpha value is -1.46. The Bertz CT molecular complexity index is 664. The van der Waals surface area contributed by atoms with Gasteiger partial charge in [0.15, 0.2) is 5.65 Å². The van der Waals surface area contributed by atoms with Gasteiger partial charge < -0.3 is 14.4 Å². The maximum Gasteiger partial charge on any atom is 0.160 e. The third-order valence-electron chi connectivity index (χ3n) is 5.29. The highest BCUT2D eigenvalue weighted by Crippen LogP contribution is 2.33. The van der Waals surface area contributed by atoms with Crippen LogP contribution in [0.1, 0.15) is 37.5 Å². The Morgan fingerprint density at radius 3 is 2.86 bits per heavy atom. The molecule has 5 heteroatoms. The molecule has 0 aromatic carbocycles. The second kappa shape index (κ2) is 5.63. The monoisotopic (exact) mass is 299 g/mol. The van der Waals surface area contributed by atoms with Crippen molar-refractivity contribution in [3.63, 3.8) is 0 Å². The van der Waals surface area contributed by atoms with Crippen LogP contribution < -0.4 is 0 Å². The molecule has 0 saturated carbocycles. The predicted molar refractivity (Wildman–Crippen MR) is 88.2 cm³/mol. The van der Waals surface area contributed by atoms with Crippen molar-refractivity contribution in [3.8, 4) is 0 Å². The molecule has 118 valence electrons.